The molecular weight excluding hydrogens is 316 g/mol. The lowest BCUT2D eigenvalue weighted by Crippen LogP contribution is -2.62. The van der Waals surface area contributed by atoms with Crippen molar-refractivity contribution in [3.63, 3.8) is 0 Å². The van der Waals surface area contributed by atoms with Gasteiger partial charge in [0.2, 0.25) is 5.91 Å². The van der Waals surface area contributed by atoms with Crippen LogP contribution in [0.25, 0.3) is 10.9 Å². The lowest BCUT2D eigenvalue weighted by atomic mass is 9.67. The Morgan fingerprint density at radius 2 is 2.16 bits per heavy atom. The number of carbonyl (C=O) groups excluding carboxylic acids is 2. The lowest BCUT2D eigenvalue weighted by Gasteiger charge is -2.53. The molecule has 25 heavy (non-hydrogen) atoms. The molecule has 1 saturated heterocycles. The molecule has 132 valence electrons. The maximum absolute atomic E-state index is 12.8. The highest BCUT2D eigenvalue weighted by molar-refractivity contribution is 5.89. The first-order valence-corrected chi connectivity index (χ1v) is 9.05. The fraction of sp³-hybridized carbons (Fsp3) is 0.500. The molecule has 5 nitrogen and oxygen atoms in total. The molecule has 0 spiro atoms. The van der Waals surface area contributed by atoms with Gasteiger partial charge in [0, 0.05) is 29.6 Å². The van der Waals surface area contributed by atoms with Crippen molar-refractivity contribution in [2.45, 2.75) is 39.2 Å². The van der Waals surface area contributed by atoms with Gasteiger partial charge in [0.1, 0.15) is 0 Å². The third-order valence-electron chi connectivity index (χ3n) is 5.98. The van der Waals surface area contributed by atoms with Crippen LogP contribution in [-0.2, 0) is 26.3 Å². The number of fused-ring (bicyclic) bond motifs is 5. The number of nitrogens with zero attached hydrogens (tertiary/aromatic N) is 1. The summed E-state index contributed by atoms with van der Waals surface area (Å²) in [5, 5.41) is 1.19. The van der Waals surface area contributed by atoms with Crippen LogP contribution in [0.3, 0.4) is 0 Å². The first-order valence-electron chi connectivity index (χ1n) is 9.05. The smallest absolute Gasteiger partial charge is 0.312 e. The highest BCUT2D eigenvalue weighted by atomic mass is 16.5. The van der Waals surface area contributed by atoms with Gasteiger partial charge in [-0.05, 0) is 37.8 Å². The Labute approximate surface area is 147 Å². The third-order valence-corrected chi connectivity index (χ3v) is 5.98. The molecule has 0 unspecified atom stereocenters. The Balaban J connectivity index is 1.94. The average molecular weight is 340 g/mol. The number of nitrogens with one attached hydrogen (secondary N) is 1. The molecule has 0 bridgehead atoms. The average Bonchev–Trinajstić information content (AvgIpc) is 2.95. The topological polar surface area (TPSA) is 62.4 Å². The highest BCUT2D eigenvalue weighted by Crippen LogP contribution is 2.49. The molecule has 1 N–H and O–H groups in total. The van der Waals surface area contributed by atoms with E-state index in [0.717, 1.165) is 17.6 Å². The van der Waals surface area contributed by atoms with Crippen LogP contribution in [0.15, 0.2) is 24.3 Å². The number of ether oxygens (including phenoxy) is 1. The summed E-state index contributed by atoms with van der Waals surface area (Å²) in [6.45, 7) is 6.83. The number of hydrogen-bond acceptors (Lipinski definition) is 3. The minimum absolute atomic E-state index is 0.0508. The van der Waals surface area contributed by atoms with E-state index in [2.05, 4.69) is 17.1 Å². The van der Waals surface area contributed by atoms with Crippen LogP contribution in [-0.4, -0.2) is 34.9 Å². The summed E-state index contributed by atoms with van der Waals surface area (Å²) in [6.07, 6.45) is 1.21. The van der Waals surface area contributed by atoms with Gasteiger partial charge in [0.15, 0.2) is 0 Å². The van der Waals surface area contributed by atoms with Crippen molar-refractivity contribution in [3.05, 3.63) is 35.5 Å². The Bertz CT molecular complexity index is 856. The maximum atomic E-state index is 12.8. The van der Waals surface area contributed by atoms with Crippen LogP contribution in [0.1, 0.15) is 38.4 Å². The van der Waals surface area contributed by atoms with Crippen LogP contribution >= 0.6 is 0 Å². The van der Waals surface area contributed by atoms with Crippen LogP contribution in [0.5, 0.6) is 0 Å². The van der Waals surface area contributed by atoms with E-state index in [9.17, 15) is 9.59 Å². The SMILES string of the molecule is CCOC(=O)[C@H]1[C@@H](C)CC(=O)N2CCc3c([nH]c4ccccc34)[C@]12C. The highest BCUT2D eigenvalue weighted by Gasteiger charge is 2.57. The van der Waals surface area contributed by atoms with Gasteiger partial charge in [-0.25, -0.2) is 0 Å². The molecule has 4 rings (SSSR count). The van der Waals surface area contributed by atoms with Crippen molar-refractivity contribution < 1.29 is 14.3 Å². The van der Waals surface area contributed by atoms with Gasteiger partial charge < -0.3 is 14.6 Å². The van der Waals surface area contributed by atoms with Crippen molar-refractivity contribution in [2.24, 2.45) is 11.8 Å². The van der Waals surface area contributed by atoms with Gasteiger partial charge in [-0.15, -0.1) is 0 Å². The maximum Gasteiger partial charge on any atom is 0.312 e. The zero-order chi connectivity index (χ0) is 17.8. The number of aromatic nitrogens is 1. The zero-order valence-electron chi connectivity index (χ0n) is 15.0. The minimum atomic E-state index is -0.687. The van der Waals surface area contributed by atoms with Gasteiger partial charge in [-0.1, -0.05) is 25.1 Å². The number of rotatable bonds is 2. The number of para-hydroxylation sites is 1. The molecule has 0 radical (unpaired) electrons. The molecule has 1 amide bonds. The fourth-order valence-corrected chi connectivity index (χ4v) is 4.94. The molecule has 0 saturated carbocycles. The number of carbonyl (C=O) groups is 2. The summed E-state index contributed by atoms with van der Waals surface area (Å²) in [4.78, 5) is 31.0. The van der Waals surface area contributed by atoms with E-state index < -0.39 is 5.54 Å². The van der Waals surface area contributed by atoms with Gasteiger partial charge in [-0.2, -0.15) is 0 Å². The zero-order valence-corrected chi connectivity index (χ0v) is 15.0. The van der Waals surface area contributed by atoms with E-state index in [0.29, 0.717) is 19.6 Å². The van der Waals surface area contributed by atoms with Crippen molar-refractivity contribution in [2.75, 3.05) is 13.2 Å². The normalized spacial score (nSPS) is 28.6. The molecule has 3 heterocycles. The van der Waals surface area contributed by atoms with E-state index >= 15 is 0 Å². The molecule has 1 aromatic carbocycles. The van der Waals surface area contributed by atoms with E-state index in [1.807, 2.05) is 37.8 Å². The van der Waals surface area contributed by atoms with E-state index in [4.69, 9.17) is 4.74 Å². The molecular formula is C20H24N2O3. The Hall–Kier alpha value is -2.30. The van der Waals surface area contributed by atoms with Crippen LogP contribution < -0.4 is 0 Å². The molecule has 1 fully saturated rings. The van der Waals surface area contributed by atoms with E-state index in [-0.39, 0.29) is 23.7 Å². The second-order valence-corrected chi connectivity index (χ2v) is 7.38. The van der Waals surface area contributed by atoms with Gasteiger partial charge in [-0.3, -0.25) is 9.59 Å². The monoisotopic (exact) mass is 340 g/mol. The van der Waals surface area contributed by atoms with Crippen molar-refractivity contribution >= 4 is 22.8 Å². The first-order chi connectivity index (χ1) is 12.0. The molecule has 2 aromatic rings. The van der Waals surface area contributed by atoms with Crippen molar-refractivity contribution in [1.29, 1.82) is 0 Å². The largest absolute Gasteiger partial charge is 0.466 e. The summed E-state index contributed by atoms with van der Waals surface area (Å²) in [5.41, 5.74) is 2.60. The molecule has 3 atom stereocenters. The summed E-state index contributed by atoms with van der Waals surface area (Å²) >= 11 is 0. The predicted molar refractivity (Wildman–Crippen MR) is 95.0 cm³/mol. The quantitative estimate of drug-likeness (QED) is 0.855. The van der Waals surface area contributed by atoms with E-state index in [1.54, 1.807) is 0 Å². The number of hydrogen-bond donors (Lipinski definition) is 1. The number of esters is 1. The van der Waals surface area contributed by atoms with Crippen molar-refractivity contribution in [3.8, 4) is 0 Å². The second kappa shape index (κ2) is 5.61. The molecule has 2 aliphatic heterocycles. The molecule has 1 aromatic heterocycles. The summed E-state index contributed by atoms with van der Waals surface area (Å²) in [5.74, 6) is -0.496. The molecule has 5 heteroatoms. The number of benzene rings is 1. The first kappa shape index (κ1) is 16.2. The van der Waals surface area contributed by atoms with Gasteiger partial charge in [0.25, 0.3) is 0 Å². The van der Waals surface area contributed by atoms with Crippen LogP contribution in [0.2, 0.25) is 0 Å². The second-order valence-electron chi connectivity index (χ2n) is 7.38. The standard InChI is InChI=1S/C20H24N2O3/c1-4-25-19(24)17-12(2)11-16(23)22-10-9-14-13-7-5-6-8-15(13)21-18(14)20(17,22)3/h5-8,12,17,21H,4,9-11H2,1-3H3/t12-,17+,20-/m0/s1. The predicted octanol–water partition coefficient (Wildman–Crippen LogP) is 2.99. The molecule has 2 aliphatic rings. The van der Waals surface area contributed by atoms with Crippen LogP contribution in [0.4, 0.5) is 0 Å². The number of amides is 1. The van der Waals surface area contributed by atoms with Gasteiger partial charge in [0.05, 0.1) is 18.1 Å². The van der Waals surface area contributed by atoms with Gasteiger partial charge >= 0.3 is 5.97 Å². The Morgan fingerprint density at radius 1 is 1.40 bits per heavy atom. The number of aromatic amines is 1. The Morgan fingerprint density at radius 3 is 2.92 bits per heavy atom. The summed E-state index contributed by atoms with van der Waals surface area (Å²) in [6, 6.07) is 8.19. The van der Waals surface area contributed by atoms with Crippen LogP contribution in [0, 0.1) is 11.8 Å². The van der Waals surface area contributed by atoms with Crippen molar-refractivity contribution in [1.82, 2.24) is 9.88 Å². The fourth-order valence-electron chi connectivity index (χ4n) is 4.94. The Kier molecular flexibility index (Phi) is 3.63. The molecule has 0 aliphatic carbocycles. The van der Waals surface area contributed by atoms with E-state index in [1.165, 1.54) is 10.9 Å². The number of H-pyrrole nitrogens is 1. The third kappa shape index (κ3) is 2.14. The minimum Gasteiger partial charge on any atom is -0.466 e. The summed E-state index contributed by atoms with van der Waals surface area (Å²) < 4.78 is 5.40. The lowest BCUT2D eigenvalue weighted by molar-refractivity contribution is -0.170. The number of piperidine rings is 1. The summed E-state index contributed by atoms with van der Waals surface area (Å²) in [7, 11) is 0.